The van der Waals surface area contributed by atoms with Crippen molar-refractivity contribution in [3.8, 4) is 11.5 Å². The van der Waals surface area contributed by atoms with Crippen LogP contribution in [-0.4, -0.2) is 107 Å². The van der Waals surface area contributed by atoms with Gasteiger partial charge in [0.1, 0.15) is 34.7 Å². The van der Waals surface area contributed by atoms with E-state index in [4.69, 9.17) is 34.0 Å². The Morgan fingerprint density at radius 1 is 0.943 bits per heavy atom. The lowest BCUT2D eigenvalue weighted by atomic mass is 9.43. The maximum Gasteiger partial charge on any atom is 0.514 e. The van der Waals surface area contributed by atoms with Gasteiger partial charge in [0.25, 0.3) is 0 Å². The maximum atomic E-state index is 14.1. The van der Waals surface area contributed by atoms with E-state index in [0.717, 1.165) is 17.7 Å². The highest BCUT2D eigenvalue weighted by Gasteiger charge is 2.70. The number of benzene rings is 1. The van der Waals surface area contributed by atoms with E-state index in [0.29, 0.717) is 36.9 Å². The Morgan fingerprint density at radius 3 is 2.21 bits per heavy atom. The van der Waals surface area contributed by atoms with Gasteiger partial charge in [-0.05, 0) is 109 Å². The molecule has 1 aromatic carbocycles. The second kappa shape index (κ2) is 12.8. The fourth-order valence-corrected chi connectivity index (χ4v) is 9.49. The van der Waals surface area contributed by atoms with Crippen molar-refractivity contribution in [2.24, 2.45) is 23.0 Å². The number of esters is 1. The van der Waals surface area contributed by atoms with E-state index in [9.17, 15) is 24.3 Å². The van der Waals surface area contributed by atoms with Crippen LogP contribution < -0.4 is 15.2 Å². The molecule has 15 heteroatoms. The normalized spacial score (nSPS) is 33.3. The zero-order chi connectivity index (χ0) is 38.6. The van der Waals surface area contributed by atoms with Gasteiger partial charge in [-0.25, -0.2) is 14.4 Å². The van der Waals surface area contributed by atoms with Crippen LogP contribution in [0.15, 0.2) is 12.1 Å². The van der Waals surface area contributed by atoms with Gasteiger partial charge in [-0.1, -0.05) is 19.9 Å². The lowest BCUT2D eigenvalue weighted by Crippen LogP contribution is -2.65. The molecule has 53 heavy (non-hydrogen) atoms. The molecule has 4 saturated carbocycles. The van der Waals surface area contributed by atoms with Crippen LogP contribution >= 0.6 is 0 Å². The fraction of sp³-hybridized carbons (Fsp3) is 0.737. The molecule has 3 unspecified atom stereocenters. The fourth-order valence-electron chi connectivity index (χ4n) is 9.49. The largest absolute Gasteiger partial charge is 0.514 e. The minimum absolute atomic E-state index is 0.0156. The highest BCUT2D eigenvalue weighted by atomic mass is 16.7. The number of hydrogen-bond acceptors (Lipinski definition) is 11. The predicted octanol–water partition coefficient (Wildman–Crippen LogP) is 5.21. The second-order valence-corrected chi connectivity index (χ2v) is 18.7. The van der Waals surface area contributed by atoms with Gasteiger partial charge in [0, 0.05) is 31.5 Å². The Bertz CT molecular complexity index is 1660. The molecule has 3 saturated heterocycles. The van der Waals surface area contributed by atoms with Gasteiger partial charge in [0.05, 0.1) is 11.7 Å². The van der Waals surface area contributed by atoms with Crippen LogP contribution in [0.2, 0.25) is 5.82 Å². The number of carbonyl (C=O) groups excluding carboxylic acids is 3. The van der Waals surface area contributed by atoms with Gasteiger partial charge >= 0.3 is 25.3 Å². The van der Waals surface area contributed by atoms with Gasteiger partial charge < -0.3 is 39.1 Å². The van der Waals surface area contributed by atoms with Crippen molar-refractivity contribution in [1.82, 2.24) is 9.80 Å². The lowest BCUT2D eigenvalue weighted by molar-refractivity contribution is -0.199. The Balaban J connectivity index is 1.15. The molecule has 3 N–H and O–H groups in total. The van der Waals surface area contributed by atoms with Gasteiger partial charge in [-0.15, -0.1) is 0 Å². The first-order chi connectivity index (χ1) is 24.6. The van der Waals surface area contributed by atoms with E-state index in [1.165, 1.54) is 0 Å². The number of likely N-dealkylation sites (tertiary alicyclic amines) is 2. The number of ether oxygens (including phenoxy) is 4. The highest BCUT2D eigenvalue weighted by Crippen LogP contribution is 2.68. The van der Waals surface area contributed by atoms with Gasteiger partial charge in [-0.3, -0.25) is 14.6 Å². The van der Waals surface area contributed by atoms with Crippen molar-refractivity contribution in [1.29, 1.82) is 0 Å². The molecule has 1 aromatic rings. The van der Waals surface area contributed by atoms with Gasteiger partial charge in [-0.2, -0.15) is 0 Å². The minimum Gasteiger partial charge on any atom is -0.487 e. The first-order valence-electron chi connectivity index (χ1n) is 18.9. The molecule has 8 rings (SSSR count). The third-order valence-corrected chi connectivity index (χ3v) is 12.4. The zero-order valence-corrected chi connectivity index (χ0v) is 32.3. The number of carbonyl (C=O) groups is 4. The van der Waals surface area contributed by atoms with Crippen LogP contribution in [-0.2, 0) is 23.6 Å². The quantitative estimate of drug-likeness (QED) is 0.203. The number of carboxylic acid groups (broad SMARTS) is 1. The summed E-state index contributed by atoms with van der Waals surface area (Å²) in [5, 5.41) is 9.59. The Hall–Kier alpha value is -3.56. The van der Waals surface area contributed by atoms with Crippen LogP contribution in [0.5, 0.6) is 11.5 Å². The summed E-state index contributed by atoms with van der Waals surface area (Å²) in [6.07, 6.45) is 0.604. The molecule has 7 fully saturated rings. The molecule has 2 bridgehead atoms. The summed E-state index contributed by atoms with van der Waals surface area (Å²) in [5.41, 5.74) is 4.22. The number of nitrogens with zero attached hydrogens (tertiary/aromatic N) is 2. The van der Waals surface area contributed by atoms with E-state index in [-0.39, 0.29) is 71.0 Å². The number of nitrogens with two attached hydrogens (primary N) is 1. The van der Waals surface area contributed by atoms with E-state index in [1.54, 1.807) is 47.6 Å². The number of rotatable bonds is 8. The predicted molar refractivity (Wildman–Crippen MR) is 192 cm³/mol. The summed E-state index contributed by atoms with van der Waals surface area (Å²) in [6.45, 7) is 18.3. The second-order valence-electron chi connectivity index (χ2n) is 18.7. The molecular weight excluding hydrogens is 685 g/mol. The summed E-state index contributed by atoms with van der Waals surface area (Å²) < 4.78 is 37.2. The van der Waals surface area contributed by atoms with Crippen LogP contribution in [0, 0.1) is 17.3 Å². The molecule has 8 atom stereocenters. The molecule has 290 valence electrons. The standard InChI is InChI=1S/C38H54BN3O11/c1-35(2,3)50-32(44)29-26(48-21-17-41(18-21)20-14-25(31(40)43)42(16-20)33(45)46)11-10-22(30(29)49-34(47)51-36(4,5)6)23-15-24(23)39-52-28-13-19-12-27(37(19,7)8)38(28,9)53-39/h10-11,19-21,23-25,27-28H,12-18H2,1-9H3,(H2,40,43)(H,45,46)/t19-,20-,23?,24?,25-,27-,28?,38-/m0/s1. The van der Waals surface area contributed by atoms with E-state index in [1.807, 2.05) is 11.0 Å². The first-order valence-corrected chi connectivity index (χ1v) is 18.9. The monoisotopic (exact) mass is 739 g/mol. The Labute approximate surface area is 311 Å². The summed E-state index contributed by atoms with van der Waals surface area (Å²) in [5.74, 6) is -0.295. The van der Waals surface area contributed by atoms with Crippen molar-refractivity contribution < 1.29 is 52.5 Å². The smallest absolute Gasteiger partial charge is 0.487 e. The number of primary amides is 1. The maximum absolute atomic E-state index is 14.1. The molecule has 0 aromatic heterocycles. The lowest BCUT2D eigenvalue weighted by Gasteiger charge is -2.64. The zero-order valence-electron chi connectivity index (χ0n) is 32.3. The minimum atomic E-state index is -1.19. The summed E-state index contributed by atoms with van der Waals surface area (Å²) in [6, 6.07) is 2.44. The van der Waals surface area contributed by atoms with Gasteiger partial charge in [0.15, 0.2) is 5.75 Å². The molecule has 2 amide bonds. The Kier molecular flexibility index (Phi) is 9.09. The summed E-state index contributed by atoms with van der Waals surface area (Å²) in [7, 11) is -0.428. The molecule has 14 nitrogen and oxygen atoms in total. The third-order valence-electron chi connectivity index (χ3n) is 12.4. The molecule has 4 aliphatic carbocycles. The summed E-state index contributed by atoms with van der Waals surface area (Å²) in [4.78, 5) is 54.2. The van der Waals surface area contributed by atoms with E-state index < -0.39 is 48.5 Å². The average molecular weight is 740 g/mol. The molecule has 0 spiro atoms. The van der Waals surface area contributed by atoms with Crippen LogP contribution in [0.4, 0.5) is 9.59 Å². The topological polar surface area (TPSA) is 176 Å². The molecular formula is C38H54BN3O11. The molecule has 3 heterocycles. The average Bonchev–Trinajstić information content (AvgIpc) is 3.50. The van der Waals surface area contributed by atoms with Crippen molar-refractivity contribution in [3.63, 3.8) is 0 Å². The van der Waals surface area contributed by atoms with Crippen molar-refractivity contribution in [3.05, 3.63) is 23.3 Å². The SMILES string of the molecule is CC(C)(C)OC(=O)Oc1c(C2CC2B2OC3C[C@@H]4C[C@@H](C4(C)C)[C@]3(C)O2)ccc(OC2CN([C@H]3C[C@@H](C(N)=O)N(C(=O)O)C3)C2)c1C(=O)OC(C)(C)C. The number of amides is 2. The van der Waals surface area contributed by atoms with E-state index >= 15 is 0 Å². The Morgan fingerprint density at radius 2 is 1.62 bits per heavy atom. The van der Waals surface area contributed by atoms with Gasteiger partial charge in [0.2, 0.25) is 5.91 Å². The molecule has 3 aliphatic heterocycles. The third kappa shape index (κ3) is 6.97. The first kappa shape index (κ1) is 37.7. The molecule has 0 radical (unpaired) electrons. The molecule has 7 aliphatic rings. The highest BCUT2D eigenvalue weighted by molar-refractivity contribution is 6.49. The van der Waals surface area contributed by atoms with Crippen LogP contribution in [0.1, 0.15) is 110 Å². The number of hydrogen-bond donors (Lipinski definition) is 2. The van der Waals surface area contributed by atoms with E-state index in [2.05, 4.69) is 20.8 Å². The van der Waals surface area contributed by atoms with Crippen LogP contribution in [0.25, 0.3) is 0 Å². The van der Waals surface area contributed by atoms with Crippen LogP contribution in [0.3, 0.4) is 0 Å². The summed E-state index contributed by atoms with van der Waals surface area (Å²) >= 11 is 0. The van der Waals surface area contributed by atoms with Crippen molar-refractivity contribution in [2.45, 2.75) is 141 Å². The van der Waals surface area contributed by atoms with Crippen molar-refractivity contribution in [2.75, 3.05) is 19.6 Å². The van der Waals surface area contributed by atoms with Crippen molar-refractivity contribution >= 4 is 31.2 Å².